The Kier molecular flexibility index (Phi) is 2.69. The van der Waals surface area contributed by atoms with Crippen LogP contribution in [0.4, 0.5) is 0 Å². The lowest BCUT2D eigenvalue weighted by molar-refractivity contribution is 0.221. The fourth-order valence-corrected chi connectivity index (χ4v) is 0.977. The van der Waals surface area contributed by atoms with Gasteiger partial charge in [-0.2, -0.15) is 0 Å². The van der Waals surface area contributed by atoms with Crippen molar-refractivity contribution in [3.05, 3.63) is 11.8 Å². The molecule has 1 aliphatic rings. The summed E-state index contributed by atoms with van der Waals surface area (Å²) in [6.45, 7) is 6.14. The van der Waals surface area contributed by atoms with E-state index in [9.17, 15) is 0 Å². The first kappa shape index (κ1) is 8.31. The average molecular weight is 153 g/mol. The van der Waals surface area contributed by atoms with Crippen LogP contribution in [0.3, 0.4) is 0 Å². The Balaban J connectivity index is 2.48. The van der Waals surface area contributed by atoms with Gasteiger partial charge in [0.25, 0.3) is 0 Å². The monoisotopic (exact) mass is 153 g/mol. The maximum absolute atomic E-state index is 5.44. The summed E-state index contributed by atoms with van der Waals surface area (Å²) in [5, 5.41) is 0. The molecule has 0 fully saturated rings. The van der Waals surface area contributed by atoms with Crippen molar-refractivity contribution >= 4 is 5.90 Å². The zero-order valence-electron chi connectivity index (χ0n) is 7.42. The van der Waals surface area contributed by atoms with Crippen LogP contribution in [-0.4, -0.2) is 12.0 Å². The van der Waals surface area contributed by atoms with E-state index in [-0.39, 0.29) is 6.10 Å². The molecule has 0 bridgehead atoms. The number of allylic oxidation sites excluding steroid dienone is 1. The van der Waals surface area contributed by atoms with Gasteiger partial charge in [0.1, 0.15) is 0 Å². The van der Waals surface area contributed by atoms with Gasteiger partial charge in [0.2, 0.25) is 0 Å². The molecule has 1 aliphatic heterocycles. The van der Waals surface area contributed by atoms with Gasteiger partial charge < -0.3 is 4.74 Å². The molecule has 2 nitrogen and oxygen atoms in total. The van der Waals surface area contributed by atoms with Crippen molar-refractivity contribution in [2.24, 2.45) is 4.99 Å². The molecule has 0 radical (unpaired) electrons. The number of aliphatic imine (C=N–C) groups is 1. The van der Waals surface area contributed by atoms with Gasteiger partial charge in [-0.15, -0.1) is 0 Å². The van der Waals surface area contributed by atoms with Crippen molar-refractivity contribution in [3.8, 4) is 0 Å². The number of ether oxygens (including phenoxy) is 1. The molecule has 1 rings (SSSR count). The molecule has 0 aromatic rings. The first-order valence-electron chi connectivity index (χ1n) is 4.07. The van der Waals surface area contributed by atoms with Gasteiger partial charge in [-0.05, 0) is 27.2 Å². The maximum Gasteiger partial charge on any atom is 0.188 e. The van der Waals surface area contributed by atoms with E-state index in [2.05, 4.69) is 11.9 Å². The molecule has 62 valence electrons. The number of hydrogen-bond acceptors (Lipinski definition) is 2. The highest BCUT2D eigenvalue weighted by Crippen LogP contribution is 2.12. The zero-order valence-corrected chi connectivity index (χ0v) is 7.42. The van der Waals surface area contributed by atoms with Crippen LogP contribution in [0.1, 0.15) is 33.6 Å². The van der Waals surface area contributed by atoms with E-state index in [0.717, 1.165) is 18.7 Å². The van der Waals surface area contributed by atoms with E-state index >= 15 is 0 Å². The third-order valence-corrected chi connectivity index (χ3v) is 1.53. The summed E-state index contributed by atoms with van der Waals surface area (Å²) in [6, 6.07) is 0. The third-order valence-electron chi connectivity index (χ3n) is 1.53. The van der Waals surface area contributed by atoms with Crippen LogP contribution in [-0.2, 0) is 4.74 Å². The van der Waals surface area contributed by atoms with E-state index in [1.54, 1.807) is 0 Å². The SMILES string of the molecule is CC1=CN=C(OC(C)C)CC1. The van der Waals surface area contributed by atoms with Crippen molar-refractivity contribution in [1.29, 1.82) is 0 Å². The summed E-state index contributed by atoms with van der Waals surface area (Å²) < 4.78 is 5.44. The van der Waals surface area contributed by atoms with E-state index in [1.807, 2.05) is 20.0 Å². The van der Waals surface area contributed by atoms with Crippen molar-refractivity contribution < 1.29 is 4.74 Å². The largest absolute Gasteiger partial charge is 0.478 e. The summed E-state index contributed by atoms with van der Waals surface area (Å²) in [5.74, 6) is 0.880. The van der Waals surface area contributed by atoms with Crippen LogP contribution in [0.5, 0.6) is 0 Å². The van der Waals surface area contributed by atoms with Crippen LogP contribution in [0, 0.1) is 0 Å². The number of rotatable bonds is 1. The highest BCUT2D eigenvalue weighted by Gasteiger charge is 2.06. The maximum atomic E-state index is 5.44. The second kappa shape index (κ2) is 3.56. The van der Waals surface area contributed by atoms with Crippen LogP contribution >= 0.6 is 0 Å². The normalized spacial score (nSPS) is 17.8. The smallest absolute Gasteiger partial charge is 0.188 e. The highest BCUT2D eigenvalue weighted by molar-refractivity contribution is 5.78. The van der Waals surface area contributed by atoms with Crippen molar-refractivity contribution in [3.63, 3.8) is 0 Å². The predicted molar refractivity (Wildman–Crippen MR) is 46.6 cm³/mol. The van der Waals surface area contributed by atoms with Crippen LogP contribution in [0.15, 0.2) is 16.8 Å². The summed E-state index contributed by atoms with van der Waals surface area (Å²) in [7, 11) is 0. The Labute approximate surface area is 68.0 Å². The van der Waals surface area contributed by atoms with Gasteiger partial charge in [-0.25, -0.2) is 4.99 Å². The van der Waals surface area contributed by atoms with Gasteiger partial charge in [-0.3, -0.25) is 0 Å². The minimum Gasteiger partial charge on any atom is -0.478 e. The van der Waals surface area contributed by atoms with Crippen LogP contribution in [0.25, 0.3) is 0 Å². The Morgan fingerprint density at radius 3 is 2.64 bits per heavy atom. The van der Waals surface area contributed by atoms with Gasteiger partial charge in [-0.1, -0.05) is 5.57 Å². The van der Waals surface area contributed by atoms with E-state index < -0.39 is 0 Å². The Morgan fingerprint density at radius 1 is 1.45 bits per heavy atom. The molecule has 0 amide bonds. The molecule has 0 N–H and O–H groups in total. The highest BCUT2D eigenvalue weighted by atomic mass is 16.5. The molecule has 0 unspecified atom stereocenters. The lowest BCUT2D eigenvalue weighted by atomic mass is 10.1. The standard InChI is InChI=1S/C9H15NO/c1-7(2)11-9-5-4-8(3)6-10-9/h6-7H,4-5H2,1-3H3. The molecule has 0 saturated heterocycles. The minimum absolute atomic E-state index is 0.251. The number of nitrogens with zero attached hydrogens (tertiary/aromatic N) is 1. The lowest BCUT2D eigenvalue weighted by Gasteiger charge is -2.14. The van der Waals surface area contributed by atoms with Gasteiger partial charge in [0.05, 0.1) is 6.10 Å². The number of hydrogen-bond donors (Lipinski definition) is 0. The second-order valence-corrected chi connectivity index (χ2v) is 3.16. The lowest BCUT2D eigenvalue weighted by Crippen LogP contribution is -2.13. The fourth-order valence-electron chi connectivity index (χ4n) is 0.977. The molecular weight excluding hydrogens is 138 g/mol. The van der Waals surface area contributed by atoms with E-state index in [4.69, 9.17) is 4.74 Å². The fraction of sp³-hybridized carbons (Fsp3) is 0.667. The van der Waals surface area contributed by atoms with E-state index in [1.165, 1.54) is 5.57 Å². The Bertz CT molecular complexity index is 192. The van der Waals surface area contributed by atoms with Crippen LogP contribution in [0.2, 0.25) is 0 Å². The van der Waals surface area contributed by atoms with Crippen molar-refractivity contribution in [2.75, 3.05) is 0 Å². The predicted octanol–water partition coefficient (Wildman–Crippen LogP) is 2.51. The Hall–Kier alpha value is -0.790. The molecule has 0 aliphatic carbocycles. The second-order valence-electron chi connectivity index (χ2n) is 3.16. The molecule has 2 heteroatoms. The zero-order chi connectivity index (χ0) is 8.27. The van der Waals surface area contributed by atoms with Gasteiger partial charge >= 0.3 is 0 Å². The van der Waals surface area contributed by atoms with E-state index in [0.29, 0.717) is 0 Å². The van der Waals surface area contributed by atoms with Crippen molar-refractivity contribution in [1.82, 2.24) is 0 Å². The first-order chi connectivity index (χ1) is 5.18. The van der Waals surface area contributed by atoms with Crippen LogP contribution < -0.4 is 0 Å². The van der Waals surface area contributed by atoms with Gasteiger partial charge in [0.15, 0.2) is 5.90 Å². The molecule has 11 heavy (non-hydrogen) atoms. The quantitative estimate of drug-likeness (QED) is 0.567. The first-order valence-corrected chi connectivity index (χ1v) is 4.07. The van der Waals surface area contributed by atoms with Gasteiger partial charge in [0, 0.05) is 12.6 Å². The Morgan fingerprint density at radius 2 is 2.18 bits per heavy atom. The summed E-state index contributed by atoms with van der Waals surface area (Å²) >= 11 is 0. The summed E-state index contributed by atoms with van der Waals surface area (Å²) in [4.78, 5) is 4.18. The molecular formula is C9H15NO. The molecule has 1 heterocycles. The molecule has 0 spiro atoms. The molecule has 0 saturated carbocycles. The molecule has 0 atom stereocenters. The third kappa shape index (κ3) is 2.74. The topological polar surface area (TPSA) is 21.6 Å². The average Bonchev–Trinajstić information content (AvgIpc) is 1.93. The molecule has 0 aromatic carbocycles. The molecule has 0 aromatic heterocycles. The van der Waals surface area contributed by atoms with Crippen molar-refractivity contribution in [2.45, 2.75) is 39.7 Å². The summed E-state index contributed by atoms with van der Waals surface area (Å²) in [6.07, 6.45) is 4.19. The summed E-state index contributed by atoms with van der Waals surface area (Å²) in [5.41, 5.74) is 1.33. The minimum atomic E-state index is 0.251.